The minimum absolute atomic E-state index is 0. The van der Waals surface area contributed by atoms with Gasteiger partial charge in [-0.1, -0.05) is 24.1 Å². The Morgan fingerprint density at radius 1 is 1.00 bits per heavy atom. The number of hydrogen-bond donors (Lipinski definition) is 0. The zero-order valence-electron chi connectivity index (χ0n) is 5.72. The van der Waals surface area contributed by atoms with Gasteiger partial charge >= 0.3 is 0 Å². The van der Waals surface area contributed by atoms with Gasteiger partial charge in [-0.3, -0.25) is 0 Å². The molecule has 0 aliphatic heterocycles. The van der Waals surface area contributed by atoms with Crippen molar-refractivity contribution in [2.24, 2.45) is 0 Å². The molecule has 0 atom stereocenters. The molecule has 0 bridgehead atoms. The van der Waals surface area contributed by atoms with Crippen molar-refractivity contribution < 1.29 is 24.8 Å². The van der Waals surface area contributed by atoms with Gasteiger partial charge in [0.15, 0.2) is 0 Å². The first kappa shape index (κ1) is 17.4. The molecule has 1 aromatic carbocycles. The molecule has 1 rings (SSSR count). The molecule has 1 aromatic rings. The molecule has 0 nitrogen and oxygen atoms in total. The van der Waals surface area contributed by atoms with Gasteiger partial charge < -0.3 is 24.8 Å². The van der Waals surface area contributed by atoms with E-state index in [1.54, 1.807) is 0 Å². The van der Waals surface area contributed by atoms with Crippen molar-refractivity contribution in [3.63, 3.8) is 0 Å². The second-order valence-corrected chi connectivity index (χ2v) is 1.49. The van der Waals surface area contributed by atoms with Gasteiger partial charge in [0.2, 0.25) is 0 Å². The summed E-state index contributed by atoms with van der Waals surface area (Å²) in [5.41, 5.74) is 0.826. The molecular weight excluding hydrogens is 282 g/mol. The van der Waals surface area contributed by atoms with E-state index in [2.05, 4.69) is 5.92 Å². The van der Waals surface area contributed by atoms with Crippen molar-refractivity contribution in [3.8, 4) is 5.92 Å². The first-order chi connectivity index (χ1) is 3.93. The Labute approximate surface area is 98.4 Å². The van der Waals surface area contributed by atoms with Gasteiger partial charge in [-0.25, -0.2) is 0 Å². The molecule has 0 saturated heterocycles. The fourth-order valence-electron chi connectivity index (χ4n) is 0.521. The quantitative estimate of drug-likeness (QED) is 0.420. The fraction of sp³-hybridized carbons (Fsp3) is 0. The van der Waals surface area contributed by atoms with Crippen LogP contribution in [-0.4, -0.2) is 25.8 Å². The summed E-state index contributed by atoms with van der Waals surface area (Å²) in [6.45, 7) is 0. The van der Waals surface area contributed by atoms with Gasteiger partial charge in [-0.15, -0.1) is 0 Å². The van der Waals surface area contributed by atoms with Gasteiger partial charge in [0.05, 0.1) is 0 Å². The molecule has 4 radical (unpaired) electrons. The van der Waals surface area contributed by atoms with E-state index in [0.29, 0.717) is 0 Å². The van der Waals surface area contributed by atoms with E-state index in [-0.39, 0.29) is 50.7 Å². The molecule has 0 aliphatic rings. The standard InChI is InChI=1S/C8H5.2ClH.In/c1-2-8-6-4-3-5-7-8;;;/h3-7H;2*1H;/p-2. The van der Waals surface area contributed by atoms with E-state index in [1.807, 2.05) is 30.3 Å². The van der Waals surface area contributed by atoms with Crippen LogP contribution < -0.4 is 24.8 Å². The number of rotatable bonds is 0. The molecule has 56 valence electrons. The van der Waals surface area contributed by atoms with Gasteiger partial charge in [0.1, 0.15) is 0 Å². The van der Waals surface area contributed by atoms with Crippen LogP contribution in [0.1, 0.15) is 5.56 Å². The van der Waals surface area contributed by atoms with Gasteiger partial charge in [-0.2, -0.15) is 0 Å². The van der Waals surface area contributed by atoms with Crippen molar-refractivity contribution in [1.82, 2.24) is 0 Å². The van der Waals surface area contributed by atoms with E-state index in [9.17, 15) is 0 Å². The predicted molar refractivity (Wildman–Crippen MR) is 38.4 cm³/mol. The Bertz CT molecular complexity index is 203. The maximum absolute atomic E-state index is 6.69. The summed E-state index contributed by atoms with van der Waals surface area (Å²) in [6.07, 6.45) is 6.69. The number of hydrogen-bond acceptors (Lipinski definition) is 0. The van der Waals surface area contributed by atoms with Crippen LogP contribution in [0.2, 0.25) is 0 Å². The largest absolute Gasteiger partial charge is 1.00 e. The second-order valence-electron chi connectivity index (χ2n) is 1.49. The molecule has 0 fully saturated rings. The van der Waals surface area contributed by atoms with E-state index < -0.39 is 0 Å². The van der Waals surface area contributed by atoms with Crippen LogP contribution in [0.4, 0.5) is 0 Å². The van der Waals surface area contributed by atoms with E-state index in [1.165, 1.54) is 0 Å². The maximum Gasteiger partial charge on any atom is 0.0255 e. The van der Waals surface area contributed by atoms with Crippen LogP contribution in [-0.2, 0) is 0 Å². The molecular formula is C8H5Cl2In-2. The Hall–Kier alpha value is 0.230. The SMILES string of the molecule is [C]#Cc1ccccc1.[Cl-].[Cl-].[In]. The molecule has 3 heteroatoms. The maximum atomic E-state index is 6.69. The fourth-order valence-corrected chi connectivity index (χ4v) is 0.521. The van der Waals surface area contributed by atoms with Crippen LogP contribution in [0, 0.1) is 12.3 Å². The zero-order chi connectivity index (χ0) is 5.82. The van der Waals surface area contributed by atoms with E-state index in [4.69, 9.17) is 6.42 Å². The topological polar surface area (TPSA) is 0 Å². The van der Waals surface area contributed by atoms with Crippen LogP contribution in [0.15, 0.2) is 30.3 Å². The Balaban J connectivity index is -0.000000213. The van der Waals surface area contributed by atoms with E-state index in [0.717, 1.165) is 5.56 Å². The third kappa shape index (κ3) is 6.62. The monoisotopic (exact) mass is 286 g/mol. The average molecular weight is 287 g/mol. The predicted octanol–water partition coefficient (Wildman–Crippen LogP) is -4.75. The zero-order valence-corrected chi connectivity index (χ0v) is 10.5. The molecule has 0 heterocycles. The van der Waals surface area contributed by atoms with Gasteiger partial charge in [0.25, 0.3) is 0 Å². The first-order valence-corrected chi connectivity index (χ1v) is 2.41. The normalized spacial score (nSPS) is 5.73. The third-order valence-electron chi connectivity index (χ3n) is 0.918. The van der Waals surface area contributed by atoms with Gasteiger partial charge in [-0.05, 0) is 18.6 Å². The second kappa shape index (κ2) is 10.2. The molecule has 0 saturated carbocycles. The minimum Gasteiger partial charge on any atom is -1.00 e. The summed E-state index contributed by atoms with van der Waals surface area (Å²) in [6, 6.07) is 9.37. The Kier molecular flexibility index (Phi) is 16.1. The van der Waals surface area contributed by atoms with Crippen molar-refractivity contribution in [1.29, 1.82) is 0 Å². The molecule has 11 heavy (non-hydrogen) atoms. The Morgan fingerprint density at radius 3 is 1.73 bits per heavy atom. The van der Waals surface area contributed by atoms with Crippen LogP contribution in [0.3, 0.4) is 0 Å². The summed E-state index contributed by atoms with van der Waals surface area (Å²) in [4.78, 5) is 0. The van der Waals surface area contributed by atoms with Gasteiger partial charge in [0, 0.05) is 31.4 Å². The van der Waals surface area contributed by atoms with Crippen molar-refractivity contribution >= 4 is 25.8 Å². The molecule has 0 amide bonds. The number of benzene rings is 1. The summed E-state index contributed by atoms with van der Waals surface area (Å²) in [7, 11) is 0. The summed E-state index contributed by atoms with van der Waals surface area (Å²) < 4.78 is 0. The van der Waals surface area contributed by atoms with Crippen LogP contribution >= 0.6 is 0 Å². The molecule has 0 spiro atoms. The number of halogens is 2. The van der Waals surface area contributed by atoms with Crippen molar-refractivity contribution in [2.45, 2.75) is 0 Å². The molecule has 0 N–H and O–H groups in total. The summed E-state index contributed by atoms with van der Waals surface area (Å²) >= 11 is 0. The molecule has 0 aromatic heterocycles. The van der Waals surface area contributed by atoms with E-state index >= 15 is 0 Å². The minimum atomic E-state index is 0. The smallest absolute Gasteiger partial charge is 0.0255 e. The van der Waals surface area contributed by atoms with Crippen molar-refractivity contribution in [3.05, 3.63) is 42.3 Å². The van der Waals surface area contributed by atoms with Crippen LogP contribution in [0.5, 0.6) is 0 Å². The molecule has 0 aliphatic carbocycles. The van der Waals surface area contributed by atoms with Crippen molar-refractivity contribution in [2.75, 3.05) is 0 Å². The Morgan fingerprint density at radius 2 is 1.45 bits per heavy atom. The summed E-state index contributed by atoms with van der Waals surface area (Å²) in [5.74, 6) is 2.28. The third-order valence-corrected chi connectivity index (χ3v) is 0.918. The molecule has 0 unspecified atom stereocenters. The average Bonchev–Trinajstić information content (AvgIpc) is 1.90. The van der Waals surface area contributed by atoms with Crippen LogP contribution in [0.25, 0.3) is 0 Å². The first-order valence-electron chi connectivity index (χ1n) is 2.41. The summed E-state index contributed by atoms with van der Waals surface area (Å²) in [5, 5.41) is 0.